The average Bonchev–Trinajstić information content (AvgIpc) is 3.29. The van der Waals surface area contributed by atoms with Crippen LogP contribution >= 0.6 is 11.8 Å². The molecule has 1 atom stereocenters. The quantitative estimate of drug-likeness (QED) is 0.494. The van der Waals surface area contributed by atoms with E-state index in [4.69, 9.17) is 9.26 Å². The first kappa shape index (κ1) is 21.7. The summed E-state index contributed by atoms with van der Waals surface area (Å²) in [5.74, 6) is 2.97. The minimum absolute atomic E-state index is 0.204. The largest absolute Gasteiger partial charge is 0.508 e. The highest BCUT2D eigenvalue weighted by Crippen LogP contribution is 2.39. The maximum absolute atomic E-state index is 10.3. The lowest BCUT2D eigenvalue weighted by Crippen LogP contribution is -2.33. The van der Waals surface area contributed by atoms with Gasteiger partial charge in [0.2, 0.25) is 11.7 Å². The molecule has 164 valence electrons. The Hall–Kier alpha value is -2.51. The van der Waals surface area contributed by atoms with Crippen LogP contribution in [0.25, 0.3) is 11.4 Å². The van der Waals surface area contributed by atoms with E-state index < -0.39 is 0 Å². The summed E-state index contributed by atoms with van der Waals surface area (Å²) in [7, 11) is 0. The van der Waals surface area contributed by atoms with Crippen LogP contribution in [0.2, 0.25) is 0 Å². The molecule has 1 fully saturated rings. The molecule has 1 N–H and O–H groups in total. The van der Waals surface area contributed by atoms with Crippen molar-refractivity contribution in [3.63, 3.8) is 0 Å². The highest BCUT2D eigenvalue weighted by Gasteiger charge is 2.24. The molecule has 3 aromatic rings. The molecule has 0 radical (unpaired) electrons. The molecule has 4 rings (SSSR count). The highest BCUT2D eigenvalue weighted by molar-refractivity contribution is 7.99. The minimum atomic E-state index is -0.204. The number of aromatic nitrogens is 2. The molecule has 0 bridgehead atoms. The topological polar surface area (TPSA) is 71.6 Å². The molecule has 0 amide bonds. The number of hydrogen-bond acceptors (Lipinski definition) is 7. The van der Waals surface area contributed by atoms with E-state index in [0.717, 1.165) is 29.2 Å². The molecule has 1 saturated heterocycles. The number of hydrogen-bond donors (Lipinski definition) is 1. The summed E-state index contributed by atoms with van der Waals surface area (Å²) in [6.07, 6.45) is 3.94. The van der Waals surface area contributed by atoms with Gasteiger partial charge >= 0.3 is 0 Å². The molecule has 2 aromatic carbocycles. The first-order chi connectivity index (χ1) is 15.2. The summed E-state index contributed by atoms with van der Waals surface area (Å²) in [6, 6.07) is 15.1. The van der Waals surface area contributed by atoms with Crippen LogP contribution in [-0.4, -0.2) is 52.1 Å². The van der Waals surface area contributed by atoms with Crippen LogP contribution in [0.5, 0.6) is 11.5 Å². The van der Waals surface area contributed by atoms with Crippen molar-refractivity contribution in [3.8, 4) is 22.9 Å². The Labute approximate surface area is 187 Å². The Bertz CT molecular complexity index is 955. The lowest BCUT2D eigenvalue weighted by molar-refractivity contribution is 0.183. The van der Waals surface area contributed by atoms with Crippen molar-refractivity contribution >= 4 is 11.8 Å². The Balaban J connectivity index is 1.40. The maximum Gasteiger partial charge on any atom is 0.244 e. The second-order valence-electron chi connectivity index (χ2n) is 7.63. The zero-order valence-corrected chi connectivity index (χ0v) is 18.7. The number of phenols is 1. The zero-order valence-electron chi connectivity index (χ0n) is 17.9. The summed E-state index contributed by atoms with van der Waals surface area (Å²) < 4.78 is 11.5. The van der Waals surface area contributed by atoms with E-state index in [1.807, 2.05) is 42.5 Å². The summed E-state index contributed by atoms with van der Waals surface area (Å²) >= 11 is 1.65. The van der Waals surface area contributed by atoms with Crippen LogP contribution in [0, 0.1) is 0 Å². The third-order valence-electron chi connectivity index (χ3n) is 5.46. The summed E-state index contributed by atoms with van der Waals surface area (Å²) in [4.78, 5) is 7.08. The van der Waals surface area contributed by atoms with Crippen LogP contribution in [-0.2, 0) is 0 Å². The van der Waals surface area contributed by atoms with Gasteiger partial charge in [-0.1, -0.05) is 36.7 Å². The fraction of sp³-hybridized carbons (Fsp3) is 0.417. The SMILES string of the molecule is CCSC(c1nc(-c2ccc(OCCN3CCCCC3)cc2)no1)c1ccccc1O. The van der Waals surface area contributed by atoms with Crippen molar-refractivity contribution in [2.45, 2.75) is 31.4 Å². The number of benzene rings is 2. The monoisotopic (exact) mass is 439 g/mol. The van der Waals surface area contributed by atoms with Gasteiger partial charge in [-0.25, -0.2) is 0 Å². The lowest BCUT2D eigenvalue weighted by atomic mass is 10.1. The van der Waals surface area contributed by atoms with E-state index in [1.165, 1.54) is 32.4 Å². The minimum Gasteiger partial charge on any atom is -0.508 e. The molecular formula is C24H29N3O3S. The fourth-order valence-corrected chi connectivity index (χ4v) is 4.76. The van der Waals surface area contributed by atoms with Gasteiger partial charge in [0.05, 0.1) is 0 Å². The molecule has 7 heteroatoms. The van der Waals surface area contributed by atoms with Crippen LogP contribution in [0.1, 0.15) is 42.9 Å². The number of piperidine rings is 1. The number of likely N-dealkylation sites (tertiary alicyclic amines) is 1. The van der Waals surface area contributed by atoms with Gasteiger partial charge in [0.15, 0.2) is 0 Å². The van der Waals surface area contributed by atoms with Gasteiger partial charge in [-0.3, -0.25) is 4.90 Å². The second-order valence-corrected chi connectivity index (χ2v) is 9.01. The van der Waals surface area contributed by atoms with E-state index >= 15 is 0 Å². The smallest absolute Gasteiger partial charge is 0.244 e. The third kappa shape index (κ3) is 5.60. The number of phenolic OH excluding ortho intramolecular Hbond substituents is 1. The summed E-state index contributed by atoms with van der Waals surface area (Å²) in [5, 5.41) is 14.2. The molecule has 0 spiro atoms. The fourth-order valence-electron chi connectivity index (χ4n) is 3.80. The van der Waals surface area contributed by atoms with Crippen molar-refractivity contribution < 1.29 is 14.4 Å². The van der Waals surface area contributed by atoms with Crippen molar-refractivity contribution in [3.05, 3.63) is 60.0 Å². The Morgan fingerprint density at radius 2 is 1.87 bits per heavy atom. The van der Waals surface area contributed by atoms with Crippen LogP contribution in [0.3, 0.4) is 0 Å². The van der Waals surface area contributed by atoms with E-state index in [1.54, 1.807) is 17.8 Å². The first-order valence-electron chi connectivity index (χ1n) is 10.9. The van der Waals surface area contributed by atoms with Crippen molar-refractivity contribution in [1.29, 1.82) is 0 Å². The van der Waals surface area contributed by atoms with Gasteiger partial charge in [0.25, 0.3) is 0 Å². The molecule has 1 aliphatic heterocycles. The second kappa shape index (κ2) is 10.7. The van der Waals surface area contributed by atoms with Crippen molar-refractivity contribution in [2.24, 2.45) is 0 Å². The number of aromatic hydroxyl groups is 1. The third-order valence-corrected chi connectivity index (χ3v) is 6.58. The molecule has 0 aliphatic carbocycles. The van der Waals surface area contributed by atoms with E-state index in [0.29, 0.717) is 18.3 Å². The maximum atomic E-state index is 10.3. The van der Waals surface area contributed by atoms with Gasteiger partial charge in [-0.2, -0.15) is 4.98 Å². The van der Waals surface area contributed by atoms with Crippen molar-refractivity contribution in [2.75, 3.05) is 32.0 Å². The van der Waals surface area contributed by atoms with E-state index in [9.17, 15) is 5.11 Å². The molecule has 0 saturated carbocycles. The zero-order chi connectivity index (χ0) is 21.5. The van der Waals surface area contributed by atoms with E-state index in [-0.39, 0.29) is 11.0 Å². The van der Waals surface area contributed by atoms with Crippen LogP contribution in [0.15, 0.2) is 53.1 Å². The molecule has 1 aliphatic rings. The summed E-state index contributed by atoms with van der Waals surface area (Å²) in [6.45, 7) is 6.10. The Kier molecular flexibility index (Phi) is 7.48. The molecule has 1 unspecified atom stereocenters. The standard InChI is InChI=1S/C24H29N3O3S/c1-2-31-22(20-8-4-5-9-21(20)28)24-25-23(26-30-24)18-10-12-19(13-11-18)29-17-16-27-14-6-3-7-15-27/h4-5,8-13,22,28H,2-3,6-7,14-17H2,1H3. The van der Waals surface area contributed by atoms with Gasteiger partial charge in [0.1, 0.15) is 23.4 Å². The molecule has 2 heterocycles. The Morgan fingerprint density at radius 3 is 2.61 bits per heavy atom. The summed E-state index contributed by atoms with van der Waals surface area (Å²) in [5.41, 5.74) is 1.65. The Morgan fingerprint density at radius 1 is 1.10 bits per heavy atom. The molecule has 1 aromatic heterocycles. The van der Waals surface area contributed by atoms with Gasteiger partial charge in [0, 0.05) is 17.7 Å². The van der Waals surface area contributed by atoms with Gasteiger partial charge in [-0.05, 0) is 62.0 Å². The highest BCUT2D eigenvalue weighted by atomic mass is 32.2. The number of para-hydroxylation sites is 1. The predicted octanol–water partition coefficient (Wildman–Crippen LogP) is 5.15. The predicted molar refractivity (Wildman–Crippen MR) is 124 cm³/mol. The first-order valence-corrected chi connectivity index (χ1v) is 12.0. The molecule has 31 heavy (non-hydrogen) atoms. The normalized spacial score (nSPS) is 15.6. The lowest BCUT2D eigenvalue weighted by Gasteiger charge is -2.26. The number of rotatable bonds is 9. The molecule has 6 nitrogen and oxygen atoms in total. The molecular weight excluding hydrogens is 410 g/mol. The average molecular weight is 440 g/mol. The van der Waals surface area contributed by atoms with Gasteiger partial charge < -0.3 is 14.4 Å². The van der Waals surface area contributed by atoms with E-state index in [2.05, 4.69) is 22.0 Å². The van der Waals surface area contributed by atoms with Crippen LogP contribution < -0.4 is 4.74 Å². The number of ether oxygens (including phenoxy) is 1. The van der Waals surface area contributed by atoms with Crippen molar-refractivity contribution in [1.82, 2.24) is 15.0 Å². The van der Waals surface area contributed by atoms with Crippen LogP contribution in [0.4, 0.5) is 0 Å². The number of nitrogens with zero attached hydrogens (tertiary/aromatic N) is 3. The van der Waals surface area contributed by atoms with Gasteiger partial charge in [-0.15, -0.1) is 11.8 Å². The number of thioether (sulfide) groups is 1.